The van der Waals surface area contributed by atoms with Crippen LogP contribution in [0.1, 0.15) is 59.6 Å². The summed E-state index contributed by atoms with van der Waals surface area (Å²) in [4.78, 5) is 12.7. The number of benzene rings is 1. The normalized spacial score (nSPS) is 12.2. The fourth-order valence-electron chi connectivity index (χ4n) is 2.10. The number of rotatable bonds is 4. The third kappa shape index (κ3) is 3.97. The molecule has 0 spiro atoms. The number of nitrogens with one attached hydrogen (secondary N) is 1. The van der Waals surface area contributed by atoms with E-state index in [9.17, 15) is 4.79 Å². The van der Waals surface area contributed by atoms with Crippen LogP contribution in [0.5, 0.6) is 0 Å². The summed E-state index contributed by atoms with van der Waals surface area (Å²) in [5, 5.41) is 3.11. The van der Waals surface area contributed by atoms with Gasteiger partial charge in [0.05, 0.1) is 5.69 Å². The summed E-state index contributed by atoms with van der Waals surface area (Å²) in [6, 6.07) is 5.97. The zero-order valence-electron chi connectivity index (χ0n) is 14.9. The van der Waals surface area contributed by atoms with Crippen LogP contribution in [-0.4, -0.2) is 11.6 Å². The summed E-state index contributed by atoms with van der Waals surface area (Å²) in [5.74, 6) is 0. The van der Waals surface area contributed by atoms with Crippen LogP contribution in [-0.2, 0) is 12.8 Å². The topological polar surface area (TPSA) is 32.3 Å². The minimum absolute atomic E-state index is 0.0465. The van der Waals surface area contributed by atoms with Crippen LogP contribution in [0.4, 0.5) is 10.5 Å². The minimum Gasteiger partial charge on any atom is -0.332 e. The maximum absolute atomic E-state index is 12.7. The summed E-state index contributed by atoms with van der Waals surface area (Å²) >= 11 is 4.49. The van der Waals surface area contributed by atoms with Crippen LogP contribution in [0.3, 0.4) is 0 Å². The van der Waals surface area contributed by atoms with E-state index in [1.165, 1.54) is 4.31 Å². The van der Waals surface area contributed by atoms with Crippen molar-refractivity contribution in [2.45, 2.75) is 66.8 Å². The third-order valence-electron chi connectivity index (χ3n) is 4.66. The molecule has 0 aliphatic rings. The van der Waals surface area contributed by atoms with E-state index < -0.39 is 0 Å². The predicted molar refractivity (Wildman–Crippen MR) is 98.7 cm³/mol. The molecule has 4 heteroatoms. The van der Waals surface area contributed by atoms with Gasteiger partial charge in [0, 0.05) is 5.54 Å². The van der Waals surface area contributed by atoms with Crippen LogP contribution < -0.4 is 9.62 Å². The van der Waals surface area contributed by atoms with Crippen LogP contribution >= 0.6 is 12.8 Å². The highest BCUT2D eigenvalue weighted by Gasteiger charge is 2.35. The standard InChI is InChI=1S/C18H30N2OS/c1-8-13-11-10-12-14(9-2)15(13)20(22)16(21)19-18(6,7)17(3,4)5/h10-12,22H,8-9H2,1-7H3,(H,19,21). The van der Waals surface area contributed by atoms with Crippen LogP contribution in [0.25, 0.3) is 0 Å². The summed E-state index contributed by atoms with van der Waals surface area (Å²) in [5.41, 5.74) is 2.81. The highest BCUT2D eigenvalue weighted by molar-refractivity contribution is 7.82. The molecule has 0 heterocycles. The molecule has 0 bridgehead atoms. The molecule has 0 saturated heterocycles. The number of aryl methyl sites for hydroxylation is 2. The zero-order valence-corrected chi connectivity index (χ0v) is 15.8. The number of anilines is 1. The molecule has 0 saturated carbocycles. The number of carbonyl (C=O) groups excluding carboxylic acids is 1. The molecular weight excluding hydrogens is 292 g/mol. The van der Waals surface area contributed by atoms with Gasteiger partial charge in [0.15, 0.2) is 0 Å². The Kier molecular flexibility index (Phi) is 5.96. The first kappa shape index (κ1) is 18.9. The maximum Gasteiger partial charge on any atom is 0.332 e. The van der Waals surface area contributed by atoms with Crippen molar-refractivity contribution < 1.29 is 4.79 Å². The lowest BCUT2D eigenvalue weighted by atomic mass is 9.76. The van der Waals surface area contributed by atoms with Crippen molar-refractivity contribution in [1.29, 1.82) is 0 Å². The van der Waals surface area contributed by atoms with Gasteiger partial charge < -0.3 is 5.32 Å². The molecule has 0 aliphatic heterocycles. The highest BCUT2D eigenvalue weighted by Crippen LogP contribution is 2.32. The van der Waals surface area contributed by atoms with Gasteiger partial charge in [-0.15, -0.1) is 0 Å². The monoisotopic (exact) mass is 322 g/mol. The van der Waals surface area contributed by atoms with E-state index in [0.717, 1.165) is 29.7 Å². The van der Waals surface area contributed by atoms with E-state index >= 15 is 0 Å². The summed E-state index contributed by atoms with van der Waals surface area (Å²) in [7, 11) is 0. The molecule has 0 fully saturated rings. The molecule has 1 rings (SSSR count). The SMILES string of the molecule is CCc1cccc(CC)c1N(S)C(=O)NC(C)(C)C(C)(C)C. The van der Waals surface area contributed by atoms with Crippen LogP contribution in [0.2, 0.25) is 0 Å². The van der Waals surface area contributed by atoms with E-state index in [4.69, 9.17) is 0 Å². The molecule has 1 N–H and O–H groups in total. The van der Waals surface area contributed by atoms with Crippen molar-refractivity contribution >= 4 is 24.5 Å². The van der Waals surface area contributed by atoms with E-state index in [1.54, 1.807) is 0 Å². The molecule has 3 nitrogen and oxygen atoms in total. The van der Waals surface area contributed by atoms with Gasteiger partial charge >= 0.3 is 6.03 Å². The quantitative estimate of drug-likeness (QED) is 0.751. The Balaban J connectivity index is 3.11. The molecule has 0 unspecified atom stereocenters. The van der Waals surface area contributed by atoms with Gasteiger partial charge in [0.1, 0.15) is 0 Å². The summed E-state index contributed by atoms with van der Waals surface area (Å²) < 4.78 is 1.46. The largest absolute Gasteiger partial charge is 0.332 e. The van der Waals surface area contributed by atoms with Gasteiger partial charge in [-0.05, 0) is 43.2 Å². The first-order valence-corrected chi connectivity index (χ1v) is 8.37. The first-order chi connectivity index (χ1) is 10.0. The number of thiol groups is 1. The Labute approximate surface area is 141 Å². The average molecular weight is 323 g/mol. The van der Waals surface area contributed by atoms with Crippen molar-refractivity contribution in [3.05, 3.63) is 29.3 Å². The molecule has 0 atom stereocenters. The van der Waals surface area contributed by atoms with Crippen LogP contribution in [0.15, 0.2) is 18.2 Å². The number of carbonyl (C=O) groups is 1. The lowest BCUT2D eigenvalue weighted by Gasteiger charge is -2.40. The fourth-order valence-corrected chi connectivity index (χ4v) is 2.40. The second-order valence-corrected chi connectivity index (χ2v) is 7.65. The number of nitrogens with zero attached hydrogens (tertiary/aromatic N) is 1. The smallest absolute Gasteiger partial charge is 0.332 e. The molecule has 0 aromatic heterocycles. The van der Waals surface area contributed by atoms with Gasteiger partial charge in [0.2, 0.25) is 0 Å². The van der Waals surface area contributed by atoms with Crippen molar-refractivity contribution in [1.82, 2.24) is 5.32 Å². The summed E-state index contributed by atoms with van der Waals surface area (Å²) in [6.07, 6.45) is 1.74. The Morgan fingerprint density at radius 1 is 1.09 bits per heavy atom. The first-order valence-electron chi connectivity index (χ1n) is 7.97. The van der Waals surface area contributed by atoms with E-state index in [1.807, 2.05) is 19.9 Å². The second kappa shape index (κ2) is 6.95. The van der Waals surface area contributed by atoms with Gasteiger partial charge in [-0.25, -0.2) is 9.10 Å². The molecule has 22 heavy (non-hydrogen) atoms. The molecule has 1 aromatic carbocycles. The number of urea groups is 1. The second-order valence-electron chi connectivity index (χ2n) is 7.25. The van der Waals surface area contributed by atoms with E-state index in [0.29, 0.717) is 0 Å². The Morgan fingerprint density at radius 2 is 1.55 bits per heavy atom. The van der Waals surface area contributed by atoms with Gasteiger partial charge in [-0.2, -0.15) is 0 Å². The molecular formula is C18H30N2OS. The number of para-hydroxylation sites is 1. The van der Waals surface area contributed by atoms with Gasteiger partial charge in [-0.1, -0.05) is 65.6 Å². The van der Waals surface area contributed by atoms with Crippen LogP contribution in [0, 0.1) is 5.41 Å². The highest BCUT2D eigenvalue weighted by atomic mass is 32.1. The van der Waals surface area contributed by atoms with Crippen molar-refractivity contribution in [3.63, 3.8) is 0 Å². The maximum atomic E-state index is 12.7. The van der Waals surface area contributed by atoms with Crippen molar-refractivity contribution in [2.75, 3.05) is 4.31 Å². The van der Waals surface area contributed by atoms with E-state index in [-0.39, 0.29) is 17.0 Å². The predicted octanol–water partition coefficient (Wildman–Crippen LogP) is 5.00. The Morgan fingerprint density at radius 3 is 1.91 bits per heavy atom. The molecule has 1 aromatic rings. The lowest BCUT2D eigenvalue weighted by Crippen LogP contribution is -2.55. The Bertz CT molecular complexity index is 510. The lowest BCUT2D eigenvalue weighted by molar-refractivity contribution is 0.177. The minimum atomic E-state index is -0.335. The number of amides is 2. The fraction of sp³-hybridized carbons (Fsp3) is 0.611. The van der Waals surface area contributed by atoms with Gasteiger partial charge in [0.25, 0.3) is 0 Å². The zero-order chi connectivity index (χ0) is 17.1. The molecule has 2 amide bonds. The average Bonchev–Trinajstić information content (AvgIpc) is 2.43. The summed E-state index contributed by atoms with van der Waals surface area (Å²) in [6.45, 7) is 14.6. The van der Waals surface area contributed by atoms with E-state index in [2.05, 4.69) is 64.9 Å². The van der Waals surface area contributed by atoms with Crippen molar-refractivity contribution in [3.8, 4) is 0 Å². The number of hydrogen-bond acceptors (Lipinski definition) is 2. The molecule has 0 radical (unpaired) electrons. The van der Waals surface area contributed by atoms with Crippen molar-refractivity contribution in [2.24, 2.45) is 5.41 Å². The Hall–Kier alpha value is -1.16. The van der Waals surface area contributed by atoms with Gasteiger partial charge in [-0.3, -0.25) is 0 Å². The molecule has 0 aliphatic carbocycles. The molecule has 124 valence electrons. The third-order valence-corrected chi connectivity index (χ3v) is 5.05. The number of hydrogen-bond donors (Lipinski definition) is 2.